The Morgan fingerprint density at radius 3 is 2.63 bits per heavy atom. The smallest absolute Gasteiger partial charge is 0.230 e. The zero-order valence-electron chi connectivity index (χ0n) is 11.7. The van der Waals surface area contributed by atoms with Crippen LogP contribution in [0.2, 0.25) is 0 Å². The van der Waals surface area contributed by atoms with E-state index in [2.05, 4.69) is 5.32 Å². The molecule has 1 aromatic rings. The van der Waals surface area contributed by atoms with Crippen LogP contribution < -0.4 is 5.32 Å². The lowest BCUT2D eigenvalue weighted by Gasteiger charge is -2.25. The van der Waals surface area contributed by atoms with Crippen LogP contribution in [0.15, 0.2) is 24.3 Å². The predicted molar refractivity (Wildman–Crippen MR) is 73.4 cm³/mol. The van der Waals surface area contributed by atoms with Gasteiger partial charge in [0.1, 0.15) is 5.82 Å². The minimum atomic E-state index is -0.961. The van der Waals surface area contributed by atoms with Crippen molar-refractivity contribution in [1.82, 2.24) is 5.32 Å². The molecule has 1 rings (SSSR count). The Hall–Kier alpha value is -1.42. The number of carbonyl (C=O) groups is 1. The van der Waals surface area contributed by atoms with E-state index in [0.29, 0.717) is 12.0 Å². The lowest BCUT2D eigenvalue weighted by molar-refractivity contribution is -0.126. The number of hydrogen-bond donors (Lipinski definition) is 2. The molecule has 0 bridgehead atoms. The number of benzene rings is 1. The van der Waals surface area contributed by atoms with E-state index in [1.807, 2.05) is 6.92 Å². The van der Waals surface area contributed by atoms with Gasteiger partial charge in [-0.05, 0) is 26.3 Å². The molecule has 0 heterocycles. The van der Waals surface area contributed by atoms with Crippen LogP contribution in [0.5, 0.6) is 0 Å². The zero-order valence-corrected chi connectivity index (χ0v) is 11.7. The van der Waals surface area contributed by atoms with E-state index in [0.717, 1.165) is 6.42 Å². The summed E-state index contributed by atoms with van der Waals surface area (Å²) in [6.45, 7) is 5.51. The average molecular weight is 267 g/mol. The third-order valence-electron chi connectivity index (χ3n) is 3.23. The number of amides is 1. The minimum Gasteiger partial charge on any atom is -0.391 e. The summed E-state index contributed by atoms with van der Waals surface area (Å²) < 4.78 is 13.7. The second-order valence-corrected chi connectivity index (χ2v) is 5.26. The van der Waals surface area contributed by atoms with Crippen LogP contribution in [0.25, 0.3) is 0 Å². The van der Waals surface area contributed by atoms with Gasteiger partial charge in [-0.1, -0.05) is 31.5 Å². The van der Waals surface area contributed by atoms with Gasteiger partial charge >= 0.3 is 0 Å². The van der Waals surface area contributed by atoms with E-state index >= 15 is 0 Å². The third kappa shape index (κ3) is 4.03. The number of hydrogen-bond acceptors (Lipinski definition) is 2. The maximum atomic E-state index is 13.7. The highest BCUT2D eigenvalue weighted by Gasteiger charge is 2.32. The van der Waals surface area contributed by atoms with Crippen LogP contribution in [0.1, 0.15) is 39.2 Å². The van der Waals surface area contributed by atoms with Crippen molar-refractivity contribution in [3.8, 4) is 0 Å². The highest BCUT2D eigenvalue weighted by Crippen LogP contribution is 2.25. The topological polar surface area (TPSA) is 49.3 Å². The molecule has 0 fully saturated rings. The van der Waals surface area contributed by atoms with Crippen LogP contribution in [-0.4, -0.2) is 23.7 Å². The molecule has 0 aliphatic heterocycles. The normalized spacial score (nSPS) is 13.1. The molecule has 3 nitrogen and oxygen atoms in total. The van der Waals surface area contributed by atoms with Gasteiger partial charge in [-0.3, -0.25) is 4.79 Å². The van der Waals surface area contributed by atoms with Gasteiger partial charge in [0.25, 0.3) is 0 Å². The lowest BCUT2D eigenvalue weighted by Crippen LogP contribution is -2.43. The molecule has 0 aliphatic carbocycles. The summed E-state index contributed by atoms with van der Waals surface area (Å²) in [7, 11) is 0. The first-order valence-corrected chi connectivity index (χ1v) is 6.61. The summed E-state index contributed by atoms with van der Waals surface area (Å²) in [4.78, 5) is 12.1. The standard InChI is InChI=1S/C15H22FNO2/c1-4-7-11(18)10-17-14(19)15(2,3)12-8-5-6-9-13(12)16/h5-6,8-9,11,18H,4,7,10H2,1-3H3,(H,17,19). The molecule has 106 valence electrons. The number of halogens is 1. The largest absolute Gasteiger partial charge is 0.391 e. The Labute approximate surface area is 113 Å². The summed E-state index contributed by atoms with van der Waals surface area (Å²) in [6.07, 6.45) is 0.944. The summed E-state index contributed by atoms with van der Waals surface area (Å²) in [5, 5.41) is 12.3. The van der Waals surface area contributed by atoms with Crippen LogP contribution in [-0.2, 0) is 10.2 Å². The van der Waals surface area contributed by atoms with Crippen molar-refractivity contribution < 1.29 is 14.3 Å². The maximum Gasteiger partial charge on any atom is 0.230 e. The maximum absolute atomic E-state index is 13.7. The Morgan fingerprint density at radius 2 is 2.05 bits per heavy atom. The molecule has 0 spiro atoms. The molecule has 0 aromatic heterocycles. The SMILES string of the molecule is CCCC(O)CNC(=O)C(C)(C)c1ccccc1F. The molecule has 4 heteroatoms. The van der Waals surface area contributed by atoms with Gasteiger partial charge in [-0.25, -0.2) is 4.39 Å². The van der Waals surface area contributed by atoms with Crippen molar-refractivity contribution in [1.29, 1.82) is 0 Å². The van der Waals surface area contributed by atoms with Gasteiger partial charge < -0.3 is 10.4 Å². The van der Waals surface area contributed by atoms with Crippen molar-refractivity contribution in [3.05, 3.63) is 35.6 Å². The molecular weight excluding hydrogens is 245 g/mol. The van der Waals surface area contributed by atoms with E-state index in [-0.39, 0.29) is 12.5 Å². The Kier molecular flexibility index (Phi) is 5.48. The van der Waals surface area contributed by atoms with Gasteiger partial charge in [-0.15, -0.1) is 0 Å². The summed E-state index contributed by atoms with van der Waals surface area (Å²) >= 11 is 0. The first-order chi connectivity index (χ1) is 8.89. The van der Waals surface area contributed by atoms with E-state index in [1.165, 1.54) is 6.07 Å². The molecule has 1 aromatic carbocycles. The van der Waals surface area contributed by atoms with Crippen LogP contribution in [0.3, 0.4) is 0 Å². The lowest BCUT2D eigenvalue weighted by atomic mass is 9.83. The molecule has 0 saturated heterocycles. The van der Waals surface area contributed by atoms with Gasteiger partial charge in [0, 0.05) is 12.1 Å². The Balaban J connectivity index is 2.72. The second kappa shape index (κ2) is 6.66. The Bertz CT molecular complexity index is 432. The number of nitrogens with one attached hydrogen (secondary N) is 1. The molecular formula is C15H22FNO2. The van der Waals surface area contributed by atoms with E-state index in [4.69, 9.17) is 0 Å². The molecule has 2 N–H and O–H groups in total. The molecule has 1 unspecified atom stereocenters. The van der Waals surface area contributed by atoms with E-state index < -0.39 is 17.3 Å². The number of aliphatic hydroxyl groups excluding tert-OH is 1. The molecule has 1 amide bonds. The monoisotopic (exact) mass is 267 g/mol. The first-order valence-electron chi connectivity index (χ1n) is 6.61. The highest BCUT2D eigenvalue weighted by molar-refractivity contribution is 5.87. The molecule has 0 radical (unpaired) electrons. The summed E-state index contributed by atoms with van der Waals surface area (Å²) in [6, 6.07) is 6.25. The van der Waals surface area contributed by atoms with Gasteiger partial charge in [0.15, 0.2) is 0 Å². The second-order valence-electron chi connectivity index (χ2n) is 5.26. The van der Waals surface area contributed by atoms with Crippen LogP contribution >= 0.6 is 0 Å². The number of aliphatic hydroxyl groups is 1. The minimum absolute atomic E-state index is 0.199. The fourth-order valence-corrected chi connectivity index (χ4v) is 1.96. The quantitative estimate of drug-likeness (QED) is 0.831. The van der Waals surface area contributed by atoms with Gasteiger partial charge in [0.05, 0.1) is 11.5 Å². The molecule has 1 atom stereocenters. The molecule has 0 saturated carbocycles. The van der Waals surface area contributed by atoms with Crippen LogP contribution in [0, 0.1) is 5.82 Å². The van der Waals surface area contributed by atoms with E-state index in [1.54, 1.807) is 32.0 Å². The molecule has 0 aliphatic rings. The van der Waals surface area contributed by atoms with Gasteiger partial charge in [0.2, 0.25) is 5.91 Å². The van der Waals surface area contributed by atoms with Crippen LogP contribution in [0.4, 0.5) is 4.39 Å². The van der Waals surface area contributed by atoms with Crippen molar-refractivity contribution in [2.45, 2.75) is 45.1 Å². The first kappa shape index (κ1) is 15.6. The van der Waals surface area contributed by atoms with Gasteiger partial charge in [-0.2, -0.15) is 0 Å². The van der Waals surface area contributed by atoms with Crippen molar-refractivity contribution in [2.75, 3.05) is 6.54 Å². The fraction of sp³-hybridized carbons (Fsp3) is 0.533. The summed E-state index contributed by atoms with van der Waals surface area (Å²) in [5.41, 5.74) is -0.602. The highest BCUT2D eigenvalue weighted by atomic mass is 19.1. The van der Waals surface area contributed by atoms with Crippen molar-refractivity contribution in [2.24, 2.45) is 0 Å². The Morgan fingerprint density at radius 1 is 1.42 bits per heavy atom. The van der Waals surface area contributed by atoms with E-state index in [9.17, 15) is 14.3 Å². The van der Waals surface area contributed by atoms with Crippen molar-refractivity contribution in [3.63, 3.8) is 0 Å². The number of rotatable bonds is 6. The predicted octanol–water partition coefficient (Wildman–Crippen LogP) is 2.38. The summed E-state index contributed by atoms with van der Waals surface area (Å²) in [5.74, 6) is -0.676. The third-order valence-corrected chi connectivity index (χ3v) is 3.23. The zero-order chi connectivity index (χ0) is 14.5. The fourth-order valence-electron chi connectivity index (χ4n) is 1.96. The number of carbonyl (C=O) groups excluding carboxylic acids is 1. The molecule has 19 heavy (non-hydrogen) atoms. The average Bonchev–Trinajstić information content (AvgIpc) is 2.36. The van der Waals surface area contributed by atoms with Crippen molar-refractivity contribution >= 4 is 5.91 Å².